The zero-order valence-corrected chi connectivity index (χ0v) is 22.4. The molecule has 2 aromatic carbocycles. The van der Waals surface area contributed by atoms with Crippen molar-refractivity contribution in [2.75, 3.05) is 0 Å². The molecule has 0 spiro atoms. The van der Waals surface area contributed by atoms with Gasteiger partial charge in [-0.1, -0.05) is 89.1 Å². The summed E-state index contributed by atoms with van der Waals surface area (Å²) in [7, 11) is 0. The Kier molecular flexibility index (Phi) is 9.20. The molecule has 0 radical (unpaired) electrons. The highest BCUT2D eigenvalue weighted by atomic mass is 16.1. The van der Waals surface area contributed by atoms with Crippen LogP contribution >= 0.6 is 0 Å². The number of aryl methyl sites for hydroxylation is 2. The lowest BCUT2D eigenvalue weighted by Crippen LogP contribution is -2.05. The zero-order chi connectivity index (χ0) is 25.4. The highest BCUT2D eigenvalue weighted by Crippen LogP contribution is 2.33. The Morgan fingerprint density at radius 1 is 1.00 bits per heavy atom. The van der Waals surface area contributed by atoms with E-state index in [-0.39, 0.29) is 12.6 Å². The van der Waals surface area contributed by atoms with Crippen molar-refractivity contribution in [3.05, 3.63) is 100 Å². The molecule has 1 aromatic heterocycles. The van der Waals surface area contributed by atoms with E-state index in [1.165, 1.54) is 45.2 Å². The smallest absolute Gasteiger partial charge is 0.133 e. The Hall–Kier alpha value is -3.00. The number of rotatable bonds is 7. The minimum Gasteiger partial charge on any atom is -0.300 e. The fraction of sp³-hybridized carbons (Fsp3) is 0.394. The quantitative estimate of drug-likeness (QED) is 0.346. The van der Waals surface area contributed by atoms with Crippen LogP contribution < -0.4 is 0 Å². The van der Waals surface area contributed by atoms with Gasteiger partial charge in [0.15, 0.2) is 0 Å². The van der Waals surface area contributed by atoms with Crippen LogP contribution in [0.1, 0.15) is 84.5 Å². The number of hydrogen-bond acceptors (Lipinski definition) is 2. The maximum absolute atomic E-state index is 10.9. The molecule has 0 aliphatic heterocycles. The van der Waals surface area contributed by atoms with Crippen molar-refractivity contribution < 1.29 is 6.22 Å². The molecule has 2 heteroatoms. The van der Waals surface area contributed by atoms with E-state index >= 15 is 0 Å². The summed E-state index contributed by atoms with van der Waals surface area (Å²) in [5.74, 6) is 0.259. The van der Waals surface area contributed by atoms with E-state index in [1.807, 2.05) is 6.20 Å². The molecule has 4 rings (SSSR count). The van der Waals surface area contributed by atoms with Gasteiger partial charge in [-0.25, -0.2) is 0 Å². The number of pyridine rings is 1. The van der Waals surface area contributed by atoms with Crippen LogP contribution in [0.3, 0.4) is 0 Å². The molecule has 0 saturated carbocycles. The Balaban J connectivity index is 0.000000281. The molecule has 1 heterocycles. The molecule has 0 atom stereocenters. The molecule has 1 aliphatic carbocycles. The van der Waals surface area contributed by atoms with Gasteiger partial charge in [-0.05, 0) is 84.0 Å². The predicted octanol–water partition coefficient (Wildman–Crippen LogP) is 8.85. The number of nitrogens with zero attached hydrogens (tertiary/aromatic N) is 1. The van der Waals surface area contributed by atoms with Gasteiger partial charge in [0.05, 0.1) is 5.52 Å². The van der Waals surface area contributed by atoms with Gasteiger partial charge in [0.1, 0.15) is 5.78 Å². The summed E-state index contributed by atoms with van der Waals surface area (Å²) in [5, 5.41) is 1.31. The normalized spacial score (nSPS) is 13.2. The third-order valence-corrected chi connectivity index (χ3v) is 6.58. The summed E-state index contributed by atoms with van der Waals surface area (Å²) in [6.07, 6.45) is 12.3. The Morgan fingerprint density at radius 3 is 2.34 bits per heavy atom. The van der Waals surface area contributed by atoms with Crippen LogP contribution in [-0.2, 0) is 24.1 Å². The molecule has 0 fully saturated rings. The Bertz CT molecular complexity index is 1220. The number of allylic oxidation sites excluding steroid dienone is 4. The zero-order valence-electron chi connectivity index (χ0n) is 22.4. The molecule has 0 N–H and O–H groups in total. The topological polar surface area (TPSA) is 30.0 Å². The number of carbonyl (C=O) groups excluding carboxylic acids is 1. The van der Waals surface area contributed by atoms with E-state index in [4.69, 9.17) is 0 Å². The first-order chi connectivity index (χ1) is 16.7. The summed E-state index contributed by atoms with van der Waals surface area (Å²) in [5.41, 5.74) is 9.63. The molecule has 0 saturated heterocycles. The van der Waals surface area contributed by atoms with E-state index < -0.39 is 0 Å². The van der Waals surface area contributed by atoms with E-state index in [0.717, 1.165) is 31.2 Å². The molecule has 1 aliphatic rings. The van der Waals surface area contributed by atoms with Gasteiger partial charge in [0.25, 0.3) is 0 Å². The lowest BCUT2D eigenvalue weighted by Gasteiger charge is -2.18. The Labute approximate surface area is 213 Å². The number of carbonyl (C=O) groups is 1. The molecule has 0 unspecified atom stereocenters. The average molecular weight is 470 g/mol. The first-order valence-corrected chi connectivity index (χ1v) is 13.0. The van der Waals surface area contributed by atoms with Gasteiger partial charge in [-0.3, -0.25) is 9.78 Å². The van der Waals surface area contributed by atoms with E-state index in [0.29, 0.717) is 6.42 Å². The maximum atomic E-state index is 10.9. The summed E-state index contributed by atoms with van der Waals surface area (Å²) >= 11 is 0. The second kappa shape index (κ2) is 12.1. The van der Waals surface area contributed by atoms with Crippen molar-refractivity contribution in [2.45, 2.75) is 80.1 Å². The summed E-state index contributed by atoms with van der Waals surface area (Å²) in [6, 6.07) is 17.5. The monoisotopic (exact) mass is 469 g/mol. The van der Waals surface area contributed by atoms with E-state index in [2.05, 4.69) is 100 Å². The van der Waals surface area contributed by atoms with Gasteiger partial charge in [-0.15, -0.1) is 0 Å². The van der Waals surface area contributed by atoms with Gasteiger partial charge < -0.3 is 0 Å². The minimum absolute atomic E-state index is 0. The molecule has 3 aromatic rings. The number of aromatic nitrogens is 1. The molecule has 0 bridgehead atoms. The Morgan fingerprint density at radius 2 is 1.74 bits per heavy atom. The summed E-state index contributed by atoms with van der Waals surface area (Å²) < 4.78 is 0. The first kappa shape index (κ1) is 26.6. The van der Waals surface area contributed by atoms with Crippen molar-refractivity contribution in [3.8, 4) is 0 Å². The number of fused-ring (bicyclic) bond motifs is 1. The second-order valence-corrected chi connectivity index (χ2v) is 10.7. The lowest BCUT2D eigenvalue weighted by atomic mass is 9.87. The third-order valence-electron chi connectivity index (χ3n) is 6.58. The second-order valence-electron chi connectivity index (χ2n) is 10.7. The van der Waals surface area contributed by atoms with Crippen LogP contribution in [0, 0.1) is 5.41 Å². The molecular formula is C33H43NO. The first-order valence-electron chi connectivity index (χ1n) is 13.0. The van der Waals surface area contributed by atoms with Crippen molar-refractivity contribution in [1.82, 2.24) is 4.98 Å². The van der Waals surface area contributed by atoms with Crippen LogP contribution in [0.15, 0.2) is 78.0 Å². The van der Waals surface area contributed by atoms with Crippen molar-refractivity contribution in [1.29, 1.82) is 0 Å². The maximum Gasteiger partial charge on any atom is 0.133 e. The number of benzene rings is 2. The fourth-order valence-corrected chi connectivity index (χ4v) is 4.68. The summed E-state index contributed by atoms with van der Waals surface area (Å²) in [6.45, 7) is 12.7. The van der Waals surface area contributed by atoms with Gasteiger partial charge in [-0.2, -0.15) is 0 Å². The number of ketones is 1. The highest BCUT2D eigenvalue weighted by molar-refractivity contribution is 5.84. The highest BCUT2D eigenvalue weighted by Gasteiger charge is 2.19. The summed E-state index contributed by atoms with van der Waals surface area (Å²) in [4.78, 5) is 15.5. The molecule has 2 nitrogen and oxygen atoms in total. The van der Waals surface area contributed by atoms with Crippen LogP contribution in [0.5, 0.6) is 0 Å². The third kappa shape index (κ3) is 7.49. The van der Waals surface area contributed by atoms with Crippen LogP contribution in [0.4, 0.5) is 0 Å². The van der Waals surface area contributed by atoms with Crippen LogP contribution in [0.2, 0.25) is 0 Å². The van der Waals surface area contributed by atoms with E-state index in [1.54, 1.807) is 6.92 Å². The average Bonchev–Trinajstić information content (AvgIpc) is 3.29. The predicted molar refractivity (Wildman–Crippen MR) is 152 cm³/mol. The SMILES string of the molecule is CC(=O)CC1=CC(C(C)(C)C)=CC1.CCCc1cc2nccc(Cc3ccccc3)c2cc1CC.[HH]. The molecule has 186 valence electrons. The van der Waals surface area contributed by atoms with Crippen molar-refractivity contribution in [2.24, 2.45) is 5.41 Å². The van der Waals surface area contributed by atoms with Crippen LogP contribution in [0.25, 0.3) is 10.9 Å². The fourth-order valence-electron chi connectivity index (χ4n) is 4.68. The molecule has 0 amide bonds. The molecular weight excluding hydrogens is 426 g/mol. The largest absolute Gasteiger partial charge is 0.300 e. The molecule has 35 heavy (non-hydrogen) atoms. The van der Waals surface area contributed by atoms with Crippen LogP contribution in [-0.4, -0.2) is 10.8 Å². The van der Waals surface area contributed by atoms with Crippen molar-refractivity contribution >= 4 is 16.7 Å². The van der Waals surface area contributed by atoms with Gasteiger partial charge in [0.2, 0.25) is 0 Å². The van der Waals surface area contributed by atoms with Crippen molar-refractivity contribution in [3.63, 3.8) is 0 Å². The standard InChI is InChI=1S/C21H23N.C12H18O.H2/c1-3-8-18-15-21-20(14-17(18)4-2)19(11-12-22-21)13-16-9-6-5-7-10-16;1-9(13)7-10-5-6-11(8-10)12(2,3)4;/h5-7,9-12,14-15H,3-4,8,13H2,1-2H3;6,8H,5,7H2,1-4H3;1H. The van der Waals surface area contributed by atoms with Gasteiger partial charge >= 0.3 is 0 Å². The van der Waals surface area contributed by atoms with Gasteiger partial charge in [0, 0.05) is 19.4 Å². The number of Topliss-reactive ketones (excluding diaryl/α,β-unsaturated/α-hetero) is 1. The minimum atomic E-state index is 0. The van der Waals surface area contributed by atoms with E-state index in [9.17, 15) is 4.79 Å². The number of hydrogen-bond donors (Lipinski definition) is 0. The lowest BCUT2D eigenvalue weighted by molar-refractivity contribution is -0.116.